The van der Waals surface area contributed by atoms with Crippen molar-refractivity contribution in [2.75, 3.05) is 11.4 Å². The number of anilines is 1. The summed E-state index contributed by atoms with van der Waals surface area (Å²) in [5, 5.41) is 0. The lowest BCUT2D eigenvalue weighted by Crippen LogP contribution is -2.29. The first-order valence-electron chi connectivity index (χ1n) is 5.20. The summed E-state index contributed by atoms with van der Waals surface area (Å²) in [6, 6.07) is 6.71. The van der Waals surface area contributed by atoms with Crippen molar-refractivity contribution in [3.8, 4) is 0 Å². The molecule has 1 unspecified atom stereocenters. The van der Waals surface area contributed by atoms with Crippen LogP contribution in [0.25, 0.3) is 0 Å². The second-order valence-electron chi connectivity index (χ2n) is 3.70. The maximum atomic E-state index is 4.38. The van der Waals surface area contributed by atoms with Crippen molar-refractivity contribution < 1.29 is 0 Å². The molecule has 1 saturated heterocycles. The van der Waals surface area contributed by atoms with Crippen LogP contribution in [0.4, 0.5) is 5.82 Å². The molecule has 74 valence electrons. The van der Waals surface area contributed by atoms with E-state index in [-0.39, 0.29) is 0 Å². The third kappa shape index (κ3) is 1.79. The van der Waals surface area contributed by atoms with Gasteiger partial charge in [-0.15, -0.1) is 6.58 Å². The van der Waals surface area contributed by atoms with Gasteiger partial charge in [-0.2, -0.15) is 0 Å². The third-order valence-corrected chi connectivity index (χ3v) is 2.76. The van der Waals surface area contributed by atoms with Gasteiger partial charge < -0.3 is 4.90 Å². The molecule has 1 atom stereocenters. The quantitative estimate of drug-likeness (QED) is 0.678. The first-order chi connectivity index (χ1) is 6.92. The van der Waals surface area contributed by atoms with Gasteiger partial charge in [0.25, 0.3) is 0 Å². The van der Waals surface area contributed by atoms with Gasteiger partial charge in [0.2, 0.25) is 0 Å². The van der Waals surface area contributed by atoms with Crippen LogP contribution < -0.4 is 4.90 Å². The Morgan fingerprint density at radius 2 is 2.50 bits per heavy atom. The van der Waals surface area contributed by atoms with Gasteiger partial charge in [0.1, 0.15) is 5.82 Å². The van der Waals surface area contributed by atoms with E-state index >= 15 is 0 Å². The zero-order chi connectivity index (χ0) is 9.80. The smallest absolute Gasteiger partial charge is 0.128 e. The molecule has 1 aromatic heterocycles. The molecule has 1 aliphatic heterocycles. The molecule has 1 aromatic rings. The first-order valence-corrected chi connectivity index (χ1v) is 5.20. The minimum absolute atomic E-state index is 0.613. The van der Waals surface area contributed by atoms with Gasteiger partial charge in [-0.05, 0) is 31.4 Å². The first kappa shape index (κ1) is 9.25. The molecule has 1 fully saturated rings. The fourth-order valence-electron chi connectivity index (χ4n) is 2.10. The Hall–Kier alpha value is -1.31. The molecule has 2 heterocycles. The number of rotatable bonds is 3. The van der Waals surface area contributed by atoms with E-state index in [2.05, 4.69) is 22.5 Å². The topological polar surface area (TPSA) is 16.1 Å². The Kier molecular flexibility index (Phi) is 2.82. The fourth-order valence-corrected chi connectivity index (χ4v) is 2.10. The number of pyridine rings is 1. The minimum atomic E-state index is 0.613. The van der Waals surface area contributed by atoms with E-state index in [0.717, 1.165) is 18.8 Å². The molecule has 0 aromatic carbocycles. The zero-order valence-electron chi connectivity index (χ0n) is 8.39. The molecule has 0 amide bonds. The van der Waals surface area contributed by atoms with Crippen LogP contribution in [0, 0.1) is 0 Å². The summed E-state index contributed by atoms with van der Waals surface area (Å²) >= 11 is 0. The molecular weight excluding hydrogens is 172 g/mol. The van der Waals surface area contributed by atoms with Crippen LogP contribution in [-0.2, 0) is 0 Å². The monoisotopic (exact) mass is 188 g/mol. The van der Waals surface area contributed by atoms with Crippen LogP contribution in [0.3, 0.4) is 0 Å². The van der Waals surface area contributed by atoms with Gasteiger partial charge in [-0.3, -0.25) is 0 Å². The van der Waals surface area contributed by atoms with E-state index in [9.17, 15) is 0 Å². The number of hydrogen-bond donors (Lipinski definition) is 0. The molecule has 2 rings (SSSR count). The predicted octanol–water partition coefficient (Wildman–Crippen LogP) is 2.63. The van der Waals surface area contributed by atoms with E-state index in [1.165, 1.54) is 12.8 Å². The molecular formula is C12H16N2. The van der Waals surface area contributed by atoms with E-state index in [4.69, 9.17) is 0 Å². The van der Waals surface area contributed by atoms with Crippen molar-refractivity contribution in [3.63, 3.8) is 0 Å². The van der Waals surface area contributed by atoms with E-state index in [1.54, 1.807) is 0 Å². The van der Waals surface area contributed by atoms with Gasteiger partial charge >= 0.3 is 0 Å². The third-order valence-electron chi connectivity index (χ3n) is 2.76. The Morgan fingerprint density at radius 3 is 3.21 bits per heavy atom. The number of aromatic nitrogens is 1. The summed E-state index contributed by atoms with van der Waals surface area (Å²) in [4.78, 5) is 6.78. The van der Waals surface area contributed by atoms with Crippen molar-refractivity contribution in [2.45, 2.75) is 25.3 Å². The standard InChI is InChI=1S/C12H16N2/c1-2-6-11-7-5-10-14(11)12-8-3-4-9-13-12/h2-4,8-9,11H,1,5-7,10H2. The van der Waals surface area contributed by atoms with Crippen molar-refractivity contribution >= 4 is 5.82 Å². The highest BCUT2D eigenvalue weighted by Gasteiger charge is 2.23. The summed E-state index contributed by atoms with van der Waals surface area (Å²) < 4.78 is 0. The molecule has 2 heteroatoms. The Labute approximate surface area is 85.3 Å². The highest BCUT2D eigenvalue weighted by atomic mass is 15.2. The van der Waals surface area contributed by atoms with Gasteiger partial charge in [0.05, 0.1) is 0 Å². The van der Waals surface area contributed by atoms with Gasteiger partial charge in [0.15, 0.2) is 0 Å². The highest BCUT2D eigenvalue weighted by Crippen LogP contribution is 2.25. The molecule has 0 radical (unpaired) electrons. The van der Waals surface area contributed by atoms with Crippen molar-refractivity contribution in [2.24, 2.45) is 0 Å². The summed E-state index contributed by atoms with van der Waals surface area (Å²) in [7, 11) is 0. The van der Waals surface area contributed by atoms with Crippen LogP contribution in [0.2, 0.25) is 0 Å². The Balaban J connectivity index is 2.13. The molecule has 0 spiro atoms. The van der Waals surface area contributed by atoms with E-state index < -0.39 is 0 Å². The molecule has 0 bridgehead atoms. The average Bonchev–Trinajstić information content (AvgIpc) is 2.68. The summed E-state index contributed by atoms with van der Waals surface area (Å²) in [5.74, 6) is 1.11. The zero-order valence-corrected chi connectivity index (χ0v) is 8.39. The lowest BCUT2D eigenvalue weighted by atomic mass is 10.1. The summed E-state index contributed by atoms with van der Waals surface area (Å²) in [6.07, 6.45) is 7.47. The normalized spacial score (nSPS) is 21.1. The molecule has 1 aliphatic rings. The second-order valence-corrected chi connectivity index (χ2v) is 3.70. The van der Waals surface area contributed by atoms with Crippen molar-refractivity contribution in [3.05, 3.63) is 37.1 Å². The number of nitrogens with zero attached hydrogens (tertiary/aromatic N) is 2. The lowest BCUT2D eigenvalue weighted by Gasteiger charge is -2.24. The van der Waals surface area contributed by atoms with Crippen LogP contribution in [0.5, 0.6) is 0 Å². The SMILES string of the molecule is C=CCC1CCCN1c1ccccn1. The van der Waals surface area contributed by atoms with Crippen LogP contribution in [0.1, 0.15) is 19.3 Å². The Morgan fingerprint density at radius 1 is 1.57 bits per heavy atom. The summed E-state index contributed by atoms with van der Waals surface area (Å²) in [6.45, 7) is 4.94. The molecule has 14 heavy (non-hydrogen) atoms. The largest absolute Gasteiger partial charge is 0.353 e. The maximum absolute atomic E-state index is 4.38. The average molecular weight is 188 g/mol. The van der Waals surface area contributed by atoms with Crippen molar-refractivity contribution in [1.82, 2.24) is 4.98 Å². The summed E-state index contributed by atoms with van der Waals surface area (Å²) in [5.41, 5.74) is 0. The van der Waals surface area contributed by atoms with Crippen LogP contribution in [0.15, 0.2) is 37.1 Å². The molecule has 0 saturated carbocycles. The lowest BCUT2D eigenvalue weighted by molar-refractivity contribution is 0.672. The maximum Gasteiger partial charge on any atom is 0.128 e. The van der Waals surface area contributed by atoms with Gasteiger partial charge in [0, 0.05) is 18.8 Å². The number of hydrogen-bond acceptors (Lipinski definition) is 2. The van der Waals surface area contributed by atoms with Crippen molar-refractivity contribution in [1.29, 1.82) is 0 Å². The van der Waals surface area contributed by atoms with Crippen LogP contribution in [-0.4, -0.2) is 17.6 Å². The fraction of sp³-hybridized carbons (Fsp3) is 0.417. The Bertz CT molecular complexity index is 294. The molecule has 2 nitrogen and oxygen atoms in total. The molecule has 0 N–H and O–H groups in total. The van der Waals surface area contributed by atoms with E-state index in [1.807, 2.05) is 24.4 Å². The van der Waals surface area contributed by atoms with E-state index in [0.29, 0.717) is 6.04 Å². The predicted molar refractivity (Wildman–Crippen MR) is 59.4 cm³/mol. The van der Waals surface area contributed by atoms with Gasteiger partial charge in [-0.1, -0.05) is 12.1 Å². The van der Waals surface area contributed by atoms with Gasteiger partial charge in [-0.25, -0.2) is 4.98 Å². The highest BCUT2D eigenvalue weighted by molar-refractivity contribution is 5.40. The molecule has 0 aliphatic carbocycles. The minimum Gasteiger partial charge on any atom is -0.353 e. The second kappa shape index (κ2) is 4.27. The van der Waals surface area contributed by atoms with Crippen LogP contribution >= 0.6 is 0 Å².